The second kappa shape index (κ2) is 6.10. The SMILES string of the molecule is O=c1[nH]cnc2c1CC=C2[C@@H](CO)CC(CO)CO. The lowest BCUT2D eigenvalue weighted by molar-refractivity contribution is 0.124. The molecule has 1 aliphatic carbocycles. The quantitative estimate of drug-likeness (QED) is 0.545. The summed E-state index contributed by atoms with van der Waals surface area (Å²) in [5.41, 5.74) is 1.90. The molecule has 0 radical (unpaired) electrons. The molecule has 0 unspecified atom stereocenters. The average molecular weight is 266 g/mol. The molecule has 0 saturated heterocycles. The topological polar surface area (TPSA) is 106 Å². The highest BCUT2D eigenvalue weighted by atomic mass is 16.3. The molecular formula is C13H18N2O4. The minimum atomic E-state index is -0.274. The molecule has 0 saturated carbocycles. The van der Waals surface area contributed by atoms with Crippen LogP contribution in [0.2, 0.25) is 0 Å². The Morgan fingerprint density at radius 1 is 1.26 bits per heavy atom. The first-order chi connectivity index (χ1) is 9.21. The highest BCUT2D eigenvalue weighted by Gasteiger charge is 2.26. The first kappa shape index (κ1) is 13.9. The van der Waals surface area contributed by atoms with Gasteiger partial charge in [0.05, 0.1) is 18.6 Å². The minimum Gasteiger partial charge on any atom is -0.396 e. The van der Waals surface area contributed by atoms with E-state index in [9.17, 15) is 9.90 Å². The summed E-state index contributed by atoms with van der Waals surface area (Å²) in [6.07, 6.45) is 4.21. The van der Waals surface area contributed by atoms with Crippen molar-refractivity contribution in [3.05, 3.63) is 34.0 Å². The summed E-state index contributed by atoms with van der Waals surface area (Å²) in [5, 5.41) is 27.7. The van der Waals surface area contributed by atoms with Crippen molar-refractivity contribution in [1.29, 1.82) is 0 Å². The van der Waals surface area contributed by atoms with Gasteiger partial charge in [0.15, 0.2) is 0 Å². The highest BCUT2D eigenvalue weighted by Crippen LogP contribution is 2.32. The van der Waals surface area contributed by atoms with E-state index in [-0.39, 0.29) is 37.2 Å². The lowest BCUT2D eigenvalue weighted by atomic mass is 9.89. The Morgan fingerprint density at radius 2 is 2.00 bits per heavy atom. The number of aromatic amines is 1. The number of allylic oxidation sites excluding steroid dienone is 1. The van der Waals surface area contributed by atoms with E-state index >= 15 is 0 Å². The van der Waals surface area contributed by atoms with Crippen molar-refractivity contribution in [2.45, 2.75) is 12.8 Å². The van der Waals surface area contributed by atoms with Gasteiger partial charge in [-0.15, -0.1) is 0 Å². The first-order valence-electron chi connectivity index (χ1n) is 6.30. The van der Waals surface area contributed by atoms with E-state index in [0.717, 1.165) is 5.57 Å². The number of nitrogens with zero attached hydrogens (tertiary/aromatic N) is 1. The van der Waals surface area contributed by atoms with Crippen molar-refractivity contribution >= 4 is 5.57 Å². The zero-order valence-electron chi connectivity index (χ0n) is 10.5. The van der Waals surface area contributed by atoms with Crippen LogP contribution in [0.25, 0.3) is 5.57 Å². The molecule has 0 aliphatic heterocycles. The largest absolute Gasteiger partial charge is 0.396 e. The number of aromatic nitrogens is 2. The first-order valence-corrected chi connectivity index (χ1v) is 6.30. The lowest BCUT2D eigenvalue weighted by Crippen LogP contribution is -2.20. The van der Waals surface area contributed by atoms with Crippen LogP contribution in [0, 0.1) is 11.8 Å². The number of hydrogen-bond acceptors (Lipinski definition) is 5. The van der Waals surface area contributed by atoms with Gasteiger partial charge in [-0.05, 0) is 18.4 Å². The van der Waals surface area contributed by atoms with Crippen molar-refractivity contribution < 1.29 is 15.3 Å². The molecule has 1 aromatic rings. The number of aliphatic hydroxyl groups is 3. The highest BCUT2D eigenvalue weighted by molar-refractivity contribution is 5.71. The van der Waals surface area contributed by atoms with Gasteiger partial charge in [-0.3, -0.25) is 4.79 Å². The van der Waals surface area contributed by atoms with E-state index in [1.54, 1.807) is 0 Å². The Kier molecular flexibility index (Phi) is 4.47. The van der Waals surface area contributed by atoms with E-state index in [1.807, 2.05) is 6.08 Å². The fraction of sp³-hybridized carbons (Fsp3) is 0.538. The molecule has 6 nitrogen and oxygen atoms in total. The van der Waals surface area contributed by atoms with Gasteiger partial charge in [0, 0.05) is 30.6 Å². The Bertz CT molecular complexity index is 520. The average Bonchev–Trinajstić information content (AvgIpc) is 2.86. The van der Waals surface area contributed by atoms with Crippen molar-refractivity contribution in [3.63, 3.8) is 0 Å². The Labute approximate surface area is 110 Å². The maximum Gasteiger partial charge on any atom is 0.254 e. The molecule has 0 amide bonds. The molecule has 1 atom stereocenters. The summed E-state index contributed by atoms with van der Waals surface area (Å²) in [5.74, 6) is -0.496. The molecular weight excluding hydrogens is 248 g/mol. The summed E-state index contributed by atoms with van der Waals surface area (Å²) in [7, 11) is 0. The fourth-order valence-corrected chi connectivity index (χ4v) is 2.44. The van der Waals surface area contributed by atoms with Crippen LogP contribution >= 0.6 is 0 Å². The molecule has 0 fully saturated rings. The number of H-pyrrole nitrogens is 1. The molecule has 1 aliphatic rings. The Morgan fingerprint density at radius 3 is 2.63 bits per heavy atom. The van der Waals surface area contributed by atoms with Crippen LogP contribution in [-0.4, -0.2) is 45.1 Å². The number of aliphatic hydroxyl groups excluding tert-OH is 3. The molecule has 19 heavy (non-hydrogen) atoms. The Balaban J connectivity index is 2.23. The van der Waals surface area contributed by atoms with E-state index < -0.39 is 0 Å². The predicted molar refractivity (Wildman–Crippen MR) is 69.4 cm³/mol. The van der Waals surface area contributed by atoms with Crippen LogP contribution in [0.3, 0.4) is 0 Å². The zero-order valence-corrected chi connectivity index (χ0v) is 10.5. The molecule has 1 heterocycles. The standard InChI is InChI=1S/C13H18N2O4/c16-4-8(5-17)3-9(6-18)10-1-2-11-12(10)14-7-15-13(11)19/h1,7-9,16-18H,2-6H2,(H,14,15,19)/t9-/m1/s1. The summed E-state index contributed by atoms with van der Waals surface area (Å²) in [4.78, 5) is 18.3. The third-order valence-electron chi connectivity index (χ3n) is 3.54. The van der Waals surface area contributed by atoms with Crippen LogP contribution in [0.4, 0.5) is 0 Å². The van der Waals surface area contributed by atoms with Gasteiger partial charge in [-0.2, -0.15) is 0 Å². The van der Waals surface area contributed by atoms with Gasteiger partial charge in [0.1, 0.15) is 0 Å². The molecule has 1 aromatic heterocycles. The van der Waals surface area contributed by atoms with Gasteiger partial charge in [-0.25, -0.2) is 4.98 Å². The molecule has 0 aromatic carbocycles. The maximum atomic E-state index is 11.6. The van der Waals surface area contributed by atoms with E-state index in [2.05, 4.69) is 9.97 Å². The number of nitrogens with one attached hydrogen (secondary N) is 1. The summed E-state index contributed by atoms with van der Waals surface area (Å²) in [6.45, 7) is -0.359. The van der Waals surface area contributed by atoms with Crippen molar-refractivity contribution in [3.8, 4) is 0 Å². The van der Waals surface area contributed by atoms with Crippen LogP contribution in [0.5, 0.6) is 0 Å². The summed E-state index contributed by atoms with van der Waals surface area (Å²) < 4.78 is 0. The smallest absolute Gasteiger partial charge is 0.254 e. The third-order valence-corrected chi connectivity index (χ3v) is 3.54. The molecule has 0 spiro atoms. The fourth-order valence-electron chi connectivity index (χ4n) is 2.44. The van der Waals surface area contributed by atoms with Gasteiger partial charge >= 0.3 is 0 Å². The number of rotatable bonds is 6. The molecule has 104 valence electrons. The van der Waals surface area contributed by atoms with Gasteiger partial charge in [0.25, 0.3) is 5.56 Å². The van der Waals surface area contributed by atoms with Crippen molar-refractivity contribution in [2.24, 2.45) is 11.8 Å². The normalized spacial score (nSPS) is 15.5. The summed E-state index contributed by atoms with van der Waals surface area (Å²) in [6, 6.07) is 0. The second-order valence-corrected chi connectivity index (χ2v) is 4.77. The molecule has 4 N–H and O–H groups in total. The van der Waals surface area contributed by atoms with Crippen molar-refractivity contribution in [1.82, 2.24) is 9.97 Å². The molecule has 6 heteroatoms. The van der Waals surface area contributed by atoms with Crippen LogP contribution in [0.15, 0.2) is 17.2 Å². The van der Waals surface area contributed by atoms with Crippen LogP contribution in [0.1, 0.15) is 17.7 Å². The van der Waals surface area contributed by atoms with Gasteiger partial charge < -0.3 is 20.3 Å². The van der Waals surface area contributed by atoms with Crippen LogP contribution < -0.4 is 5.56 Å². The third kappa shape index (κ3) is 2.75. The van der Waals surface area contributed by atoms with E-state index in [4.69, 9.17) is 10.2 Å². The Hall–Kier alpha value is -1.50. The minimum absolute atomic E-state index is 0.101. The predicted octanol–water partition coefficient (Wildman–Crippen LogP) is -0.691. The maximum absolute atomic E-state index is 11.6. The second-order valence-electron chi connectivity index (χ2n) is 4.77. The van der Waals surface area contributed by atoms with Crippen LogP contribution in [-0.2, 0) is 6.42 Å². The summed E-state index contributed by atoms with van der Waals surface area (Å²) >= 11 is 0. The van der Waals surface area contributed by atoms with E-state index in [1.165, 1.54) is 6.33 Å². The zero-order chi connectivity index (χ0) is 13.8. The molecule has 0 bridgehead atoms. The van der Waals surface area contributed by atoms with E-state index in [0.29, 0.717) is 24.1 Å². The van der Waals surface area contributed by atoms with Crippen molar-refractivity contribution in [2.75, 3.05) is 19.8 Å². The van der Waals surface area contributed by atoms with Gasteiger partial charge in [-0.1, -0.05) is 6.08 Å². The molecule has 2 rings (SSSR count). The number of fused-ring (bicyclic) bond motifs is 1. The van der Waals surface area contributed by atoms with Gasteiger partial charge in [0.2, 0.25) is 0 Å². The monoisotopic (exact) mass is 266 g/mol. The lowest BCUT2D eigenvalue weighted by Gasteiger charge is -2.20. The number of hydrogen-bond donors (Lipinski definition) is 4.